The number of hydrogen-bond donors (Lipinski definition) is 8. The van der Waals surface area contributed by atoms with Crippen LogP contribution in [0.3, 0.4) is 0 Å². The van der Waals surface area contributed by atoms with Crippen LogP contribution in [0.5, 0.6) is 0 Å². The lowest BCUT2D eigenvalue weighted by molar-refractivity contribution is -0.129. The van der Waals surface area contributed by atoms with E-state index in [4.69, 9.17) is 22.9 Å². The molecule has 12 N–H and O–H groups in total. The van der Waals surface area contributed by atoms with E-state index in [1.807, 2.05) is 0 Å². The Morgan fingerprint density at radius 3 is 1.52 bits per heavy atom. The van der Waals surface area contributed by atoms with Crippen LogP contribution in [-0.2, 0) is 51.4 Å². The zero-order valence-corrected chi connectivity index (χ0v) is 38.1. The Morgan fingerprint density at radius 2 is 1.05 bits per heavy atom. The first-order chi connectivity index (χ1) is 29.6. The summed E-state index contributed by atoms with van der Waals surface area (Å²) in [5.74, 6) is -2.96. The molecule has 0 saturated heterocycles. The molecular formula is C42H72N10O8S2. The van der Waals surface area contributed by atoms with Crippen molar-refractivity contribution in [2.75, 3.05) is 65.2 Å². The highest BCUT2D eigenvalue weighted by molar-refractivity contribution is 7.89. The minimum Gasteiger partial charge on any atom is -0.351 e. The maximum Gasteiger partial charge on any atom is 0.243 e. The van der Waals surface area contributed by atoms with Gasteiger partial charge in [-0.2, -0.15) is 8.61 Å². The topological polar surface area (TPSA) is 295 Å². The van der Waals surface area contributed by atoms with Gasteiger partial charge in [0, 0.05) is 38.1 Å². The van der Waals surface area contributed by atoms with Crippen LogP contribution in [0.4, 0.5) is 0 Å². The Labute approximate surface area is 369 Å². The lowest BCUT2D eigenvalue weighted by atomic mass is 10.0. The van der Waals surface area contributed by atoms with Crippen molar-refractivity contribution in [3.8, 4) is 0 Å². The second-order valence-electron chi connectivity index (χ2n) is 15.5. The molecule has 2 aromatic rings. The first kappa shape index (κ1) is 54.3. The number of Topliss-reactive ketones (excluding diaryl/α,β-unsaturated/α-hetero) is 1. The number of amides is 3. The van der Waals surface area contributed by atoms with Crippen LogP contribution in [0.1, 0.15) is 75.8 Å². The number of nitrogens with zero attached hydrogens (tertiary/aromatic N) is 2. The Morgan fingerprint density at radius 1 is 0.581 bits per heavy atom. The molecule has 0 aliphatic carbocycles. The number of carbonyl (C=O) groups excluding carboxylic acids is 4. The Bertz CT molecular complexity index is 1840. The van der Waals surface area contributed by atoms with Gasteiger partial charge >= 0.3 is 0 Å². The van der Waals surface area contributed by atoms with E-state index >= 15 is 0 Å². The van der Waals surface area contributed by atoms with E-state index in [1.54, 1.807) is 67.7 Å². The third kappa shape index (κ3) is 21.0. The molecule has 2 rings (SSSR count). The molecule has 0 unspecified atom stereocenters. The second-order valence-corrected chi connectivity index (χ2v) is 19.6. The second kappa shape index (κ2) is 29.5. The van der Waals surface area contributed by atoms with Crippen LogP contribution in [-0.4, -0.2) is 138 Å². The highest BCUT2D eigenvalue weighted by Crippen LogP contribution is 2.16. The molecule has 0 radical (unpaired) electrons. The molecule has 0 aromatic heterocycles. The zero-order valence-electron chi connectivity index (χ0n) is 36.5. The molecule has 3 amide bonds. The number of nitrogens with one attached hydrogen (secondary N) is 4. The summed E-state index contributed by atoms with van der Waals surface area (Å²) in [6.07, 6.45) is 5.00. The number of carbonyl (C=O) groups is 4. The summed E-state index contributed by atoms with van der Waals surface area (Å²) in [7, 11) is -6.50. The van der Waals surface area contributed by atoms with Crippen molar-refractivity contribution in [1.82, 2.24) is 29.9 Å². The fraction of sp³-hybridized carbons (Fsp3) is 0.619. The maximum atomic E-state index is 14.3. The zero-order chi connectivity index (χ0) is 46.0. The third-order valence-electron chi connectivity index (χ3n) is 10.2. The predicted molar refractivity (Wildman–Crippen MR) is 243 cm³/mol. The molecule has 0 saturated carbocycles. The molecular weight excluding hydrogens is 837 g/mol. The van der Waals surface area contributed by atoms with E-state index in [2.05, 4.69) is 21.3 Å². The molecule has 0 aliphatic rings. The van der Waals surface area contributed by atoms with E-state index < -0.39 is 86.4 Å². The number of hydrogen-bond acceptors (Lipinski definition) is 13. The van der Waals surface area contributed by atoms with E-state index in [0.717, 1.165) is 15.0 Å². The van der Waals surface area contributed by atoms with Gasteiger partial charge in [-0.1, -0.05) is 79.9 Å². The van der Waals surface area contributed by atoms with Gasteiger partial charge in [-0.15, -0.1) is 0 Å². The van der Waals surface area contributed by atoms with Gasteiger partial charge in [-0.05, 0) is 83.3 Å². The third-order valence-corrected chi connectivity index (χ3v) is 13.8. The van der Waals surface area contributed by atoms with Gasteiger partial charge in [0.25, 0.3) is 0 Å². The predicted octanol–water partition coefficient (Wildman–Crippen LogP) is -0.330. The summed E-state index contributed by atoms with van der Waals surface area (Å²) in [4.78, 5) is 54.1. The summed E-state index contributed by atoms with van der Waals surface area (Å²) in [6.45, 7) is 0.787. The molecule has 20 heteroatoms. The quantitative estimate of drug-likeness (QED) is 0.0418. The smallest absolute Gasteiger partial charge is 0.243 e. The first-order valence-corrected chi connectivity index (χ1v) is 24.7. The molecule has 0 fully saturated rings. The Hall–Kier alpha value is -3.86. The molecule has 0 spiro atoms. The maximum absolute atomic E-state index is 14.3. The normalized spacial score (nSPS) is 13.9. The standard InChI is InChI=1S/C42H72N10O8S2/c1-33(53)28-51(61(57,58)26-25-46)29-36(19-9-12-22-43)49-42(56)39(27-34-15-5-3-6-16-34)50-40(54)31-52(62(59,60)32-35-17-7-4-8-18-35)30-37(20-10-13-23-44)48-41(55)38(47-2)21-11-14-24-45/h3-8,15-18,36-39,47H,9-14,19-32,43-46H2,1-2H3,(H,48,55)(H,49,56)(H,50,54)/t36-,37-,38-,39-/m0/s1. The highest BCUT2D eigenvalue weighted by atomic mass is 32.2. The summed E-state index contributed by atoms with van der Waals surface area (Å²) in [5.41, 5.74) is 24.0. The molecule has 0 heterocycles. The SMILES string of the molecule is CN[C@@H](CCCCN)C(=O)N[C@@H](CCCCN)CN(CC(=O)N[C@@H](Cc1ccccc1)C(=O)N[C@@H](CCCCN)CN(CC(C)=O)S(=O)(=O)CCN)S(=O)(=O)Cc1ccccc1. The molecule has 4 atom stereocenters. The monoisotopic (exact) mass is 908 g/mol. The Kier molecular flexibility index (Phi) is 25.8. The molecule has 0 aliphatic heterocycles. The lowest BCUT2D eigenvalue weighted by Crippen LogP contribution is -2.56. The van der Waals surface area contributed by atoms with Gasteiger partial charge in [0.1, 0.15) is 11.8 Å². The molecule has 2 aromatic carbocycles. The lowest BCUT2D eigenvalue weighted by Gasteiger charge is -2.30. The van der Waals surface area contributed by atoms with Crippen molar-refractivity contribution in [2.45, 2.75) is 101 Å². The highest BCUT2D eigenvalue weighted by Gasteiger charge is 2.33. The van der Waals surface area contributed by atoms with Gasteiger partial charge in [-0.25, -0.2) is 16.8 Å². The molecule has 18 nitrogen and oxygen atoms in total. The minimum absolute atomic E-state index is 0.0145. The van der Waals surface area contributed by atoms with Crippen molar-refractivity contribution < 1.29 is 36.0 Å². The number of sulfonamides is 2. The van der Waals surface area contributed by atoms with Crippen molar-refractivity contribution in [1.29, 1.82) is 0 Å². The van der Waals surface area contributed by atoms with Crippen LogP contribution in [0.25, 0.3) is 0 Å². The van der Waals surface area contributed by atoms with Crippen molar-refractivity contribution >= 4 is 43.6 Å². The van der Waals surface area contributed by atoms with Gasteiger partial charge in [0.2, 0.25) is 37.8 Å². The molecule has 62 heavy (non-hydrogen) atoms. The molecule has 0 bridgehead atoms. The minimum atomic E-state index is -4.21. The van der Waals surface area contributed by atoms with Crippen LogP contribution in [0, 0.1) is 0 Å². The fourth-order valence-corrected chi connectivity index (χ4v) is 9.76. The number of likely N-dealkylation sites (N-methyl/N-ethyl adjacent to an activating group) is 1. The van der Waals surface area contributed by atoms with Gasteiger partial charge < -0.3 is 44.2 Å². The Balaban J connectivity index is 2.52. The largest absolute Gasteiger partial charge is 0.351 e. The van der Waals surface area contributed by atoms with Gasteiger partial charge in [-0.3, -0.25) is 19.2 Å². The van der Waals surface area contributed by atoms with Crippen LogP contribution in [0.15, 0.2) is 60.7 Å². The fourth-order valence-electron chi connectivity index (χ4n) is 6.90. The number of ketones is 1. The molecule has 350 valence electrons. The summed E-state index contributed by atoms with van der Waals surface area (Å²) in [6, 6.07) is 14.2. The number of nitrogens with two attached hydrogens (primary N) is 4. The van der Waals surface area contributed by atoms with Gasteiger partial charge in [0.15, 0.2) is 0 Å². The number of benzene rings is 2. The summed E-state index contributed by atoms with van der Waals surface area (Å²) < 4.78 is 56.9. The van der Waals surface area contributed by atoms with Crippen molar-refractivity contribution in [3.63, 3.8) is 0 Å². The summed E-state index contributed by atoms with van der Waals surface area (Å²) in [5, 5.41) is 11.7. The van der Waals surface area contributed by atoms with Crippen molar-refractivity contribution in [2.24, 2.45) is 22.9 Å². The van der Waals surface area contributed by atoms with Gasteiger partial charge in [0.05, 0.1) is 30.6 Å². The van der Waals surface area contributed by atoms with Crippen LogP contribution < -0.4 is 44.2 Å². The number of rotatable bonds is 34. The van der Waals surface area contributed by atoms with E-state index in [0.29, 0.717) is 82.1 Å². The average Bonchev–Trinajstić information content (AvgIpc) is 3.22. The van der Waals surface area contributed by atoms with Crippen molar-refractivity contribution in [3.05, 3.63) is 71.8 Å². The van der Waals surface area contributed by atoms with Crippen LogP contribution >= 0.6 is 0 Å². The van der Waals surface area contributed by atoms with E-state index in [1.165, 1.54) is 6.92 Å². The van der Waals surface area contributed by atoms with Crippen LogP contribution in [0.2, 0.25) is 0 Å². The number of unbranched alkanes of at least 4 members (excludes halogenated alkanes) is 3. The average molecular weight is 909 g/mol. The van der Waals surface area contributed by atoms with E-state index in [-0.39, 0.29) is 32.0 Å². The van der Waals surface area contributed by atoms with E-state index in [9.17, 15) is 36.0 Å². The first-order valence-electron chi connectivity index (χ1n) is 21.5. The summed E-state index contributed by atoms with van der Waals surface area (Å²) >= 11 is 0.